The maximum absolute atomic E-state index is 12.3. The van der Waals surface area contributed by atoms with Crippen LogP contribution in [0.25, 0.3) is 0 Å². The molecule has 1 rings (SSSR count). The molecule has 0 bridgehead atoms. The molecule has 1 atom stereocenters. The molecule has 0 N–H and O–H groups in total. The summed E-state index contributed by atoms with van der Waals surface area (Å²) in [6.45, 7) is 3.97. The Kier molecular flexibility index (Phi) is 6.72. The number of methoxy groups -OCH3 is 1. The lowest BCUT2D eigenvalue weighted by Crippen LogP contribution is -2.05. The predicted molar refractivity (Wildman–Crippen MR) is 75.1 cm³/mol. The van der Waals surface area contributed by atoms with Crippen molar-refractivity contribution in [1.82, 2.24) is 0 Å². The van der Waals surface area contributed by atoms with Crippen LogP contribution in [0.3, 0.4) is 0 Å². The van der Waals surface area contributed by atoms with Crippen molar-refractivity contribution >= 4 is 18.4 Å². The lowest BCUT2D eigenvalue weighted by atomic mass is 10.3. The van der Waals surface area contributed by atoms with Crippen molar-refractivity contribution in [3.8, 4) is 5.75 Å². The van der Waals surface area contributed by atoms with Crippen molar-refractivity contribution < 1.29 is 22.6 Å². The first-order valence-electron chi connectivity index (χ1n) is 5.95. The lowest BCUT2D eigenvalue weighted by molar-refractivity contribution is 0.224. The topological polar surface area (TPSA) is 61.8 Å². The van der Waals surface area contributed by atoms with Gasteiger partial charge in [0.2, 0.25) is 0 Å². The van der Waals surface area contributed by atoms with Gasteiger partial charge in [0, 0.05) is 4.90 Å². The Morgan fingerprint density at radius 1 is 1.11 bits per heavy atom. The fraction of sp³-hybridized carbons (Fsp3) is 0.500. The molecule has 1 aromatic carbocycles. The van der Waals surface area contributed by atoms with Crippen molar-refractivity contribution in [2.75, 3.05) is 25.8 Å². The van der Waals surface area contributed by atoms with Crippen LogP contribution in [0.5, 0.6) is 5.75 Å². The Bertz CT molecular complexity index is 450. The second-order valence-electron chi connectivity index (χ2n) is 3.60. The molecular weight excluding hydrogens is 287 g/mol. The first-order valence-corrected chi connectivity index (χ1v) is 9.00. The summed E-state index contributed by atoms with van der Waals surface area (Å²) in [6, 6.07) is 6.77. The third kappa shape index (κ3) is 5.07. The molecule has 1 unspecified atom stereocenters. The highest BCUT2D eigenvalue weighted by atomic mass is 32.2. The average molecular weight is 306 g/mol. The van der Waals surface area contributed by atoms with Gasteiger partial charge < -0.3 is 13.8 Å². The first kappa shape index (κ1) is 16.4. The summed E-state index contributed by atoms with van der Waals surface area (Å²) in [5, 5.41) is 0. The molecule has 0 radical (unpaired) electrons. The van der Waals surface area contributed by atoms with Crippen LogP contribution in [-0.4, -0.2) is 30.0 Å². The van der Waals surface area contributed by atoms with Gasteiger partial charge in [0.1, 0.15) is 11.2 Å². The molecule has 0 aliphatic carbocycles. The van der Waals surface area contributed by atoms with Crippen molar-refractivity contribution in [2.24, 2.45) is 0 Å². The molecule has 0 aliphatic rings. The third-order valence-electron chi connectivity index (χ3n) is 2.25. The van der Waals surface area contributed by atoms with Crippen molar-refractivity contribution in [1.29, 1.82) is 0 Å². The molecule has 1 aromatic rings. The molecule has 19 heavy (non-hydrogen) atoms. The van der Waals surface area contributed by atoms with E-state index in [4.69, 9.17) is 13.8 Å². The van der Waals surface area contributed by atoms with Gasteiger partial charge >= 0.3 is 7.60 Å². The minimum Gasteiger partial charge on any atom is -0.497 e. The molecule has 5 nitrogen and oxygen atoms in total. The number of rotatable bonds is 8. The molecule has 0 aromatic heterocycles. The van der Waals surface area contributed by atoms with Crippen LogP contribution in [-0.2, 0) is 24.4 Å². The number of ether oxygens (including phenoxy) is 1. The summed E-state index contributed by atoms with van der Waals surface area (Å²) < 4.78 is 39.7. The second kappa shape index (κ2) is 7.80. The van der Waals surface area contributed by atoms with E-state index in [-0.39, 0.29) is 18.7 Å². The third-order valence-corrected chi connectivity index (χ3v) is 6.55. The van der Waals surface area contributed by atoms with Crippen LogP contribution in [0.2, 0.25) is 0 Å². The van der Waals surface area contributed by atoms with Crippen molar-refractivity contribution in [2.45, 2.75) is 18.7 Å². The minimum absolute atomic E-state index is 0.138. The van der Waals surface area contributed by atoms with E-state index >= 15 is 0 Å². The summed E-state index contributed by atoms with van der Waals surface area (Å²) >= 11 is 0. The lowest BCUT2D eigenvalue weighted by Gasteiger charge is -2.16. The Morgan fingerprint density at radius 3 is 2.05 bits per heavy atom. The fourth-order valence-corrected chi connectivity index (χ4v) is 5.09. The van der Waals surface area contributed by atoms with Gasteiger partial charge in [-0.2, -0.15) is 0 Å². The van der Waals surface area contributed by atoms with E-state index in [1.165, 1.54) is 0 Å². The number of benzene rings is 1. The molecule has 0 saturated carbocycles. The Balaban J connectivity index is 2.78. The van der Waals surface area contributed by atoms with Gasteiger partial charge in [0.05, 0.1) is 31.1 Å². The molecule has 108 valence electrons. The molecule has 7 heteroatoms. The van der Waals surface area contributed by atoms with Gasteiger partial charge in [-0.15, -0.1) is 0 Å². The van der Waals surface area contributed by atoms with Gasteiger partial charge in [-0.05, 0) is 38.1 Å². The van der Waals surface area contributed by atoms with E-state index < -0.39 is 18.4 Å². The van der Waals surface area contributed by atoms with E-state index in [1.54, 1.807) is 45.2 Å². The predicted octanol–water partition coefficient (Wildman–Crippen LogP) is 3.03. The van der Waals surface area contributed by atoms with E-state index in [0.717, 1.165) is 0 Å². The standard InChI is InChI=1S/C12H19O5PS/c1-4-16-18(13,17-5-2)10-19(14)12-8-6-11(15-3)7-9-12/h6-9H,4-5,10H2,1-3H3. The van der Waals surface area contributed by atoms with Gasteiger partial charge in [-0.1, -0.05) is 0 Å². The van der Waals surface area contributed by atoms with Gasteiger partial charge in [-0.3, -0.25) is 8.77 Å². The highest BCUT2D eigenvalue weighted by molar-refractivity contribution is 7.92. The maximum Gasteiger partial charge on any atom is 0.343 e. The molecular formula is C12H19O5PS. The zero-order valence-corrected chi connectivity index (χ0v) is 13.0. The van der Waals surface area contributed by atoms with E-state index in [0.29, 0.717) is 10.6 Å². The average Bonchev–Trinajstić information content (AvgIpc) is 2.39. The number of hydrogen-bond acceptors (Lipinski definition) is 5. The Labute approximate surface area is 116 Å². The molecule has 0 amide bonds. The molecule has 0 heterocycles. The van der Waals surface area contributed by atoms with Gasteiger partial charge in [0.15, 0.2) is 0 Å². The summed E-state index contributed by atoms with van der Waals surface area (Å²) in [7, 11) is -3.17. The summed E-state index contributed by atoms with van der Waals surface area (Å²) in [5.41, 5.74) is -0.138. The molecule has 0 aliphatic heterocycles. The normalized spacial score (nSPS) is 13.2. The second-order valence-corrected chi connectivity index (χ2v) is 7.53. The van der Waals surface area contributed by atoms with Crippen LogP contribution in [0.1, 0.15) is 13.8 Å². The quantitative estimate of drug-likeness (QED) is 0.691. The zero-order valence-electron chi connectivity index (χ0n) is 11.3. The SMILES string of the molecule is CCOP(=O)(CS(=O)c1ccc(OC)cc1)OCC. The minimum atomic E-state index is -3.29. The van der Waals surface area contributed by atoms with Crippen LogP contribution in [0, 0.1) is 0 Å². The summed E-state index contributed by atoms with van der Waals surface area (Å²) in [5.74, 6) is 0.679. The smallest absolute Gasteiger partial charge is 0.343 e. The van der Waals surface area contributed by atoms with Gasteiger partial charge in [-0.25, -0.2) is 0 Å². The van der Waals surface area contributed by atoms with E-state index in [9.17, 15) is 8.77 Å². The number of hydrogen-bond donors (Lipinski definition) is 0. The first-order chi connectivity index (χ1) is 9.04. The summed E-state index contributed by atoms with van der Waals surface area (Å²) in [6.07, 6.45) is 0. The van der Waals surface area contributed by atoms with Crippen LogP contribution in [0.4, 0.5) is 0 Å². The Hall–Kier alpha value is -0.680. The highest BCUT2D eigenvalue weighted by Crippen LogP contribution is 2.49. The van der Waals surface area contributed by atoms with E-state index in [2.05, 4.69) is 0 Å². The van der Waals surface area contributed by atoms with Gasteiger partial charge in [0.25, 0.3) is 0 Å². The molecule has 0 fully saturated rings. The largest absolute Gasteiger partial charge is 0.497 e. The van der Waals surface area contributed by atoms with E-state index in [1.807, 2.05) is 0 Å². The summed E-state index contributed by atoms with van der Waals surface area (Å²) in [4.78, 5) is 0.570. The molecule has 0 spiro atoms. The van der Waals surface area contributed by atoms with Crippen LogP contribution in [0.15, 0.2) is 29.2 Å². The monoisotopic (exact) mass is 306 g/mol. The van der Waals surface area contributed by atoms with Crippen LogP contribution < -0.4 is 4.74 Å². The van der Waals surface area contributed by atoms with Crippen molar-refractivity contribution in [3.05, 3.63) is 24.3 Å². The molecule has 0 saturated heterocycles. The van der Waals surface area contributed by atoms with Crippen LogP contribution >= 0.6 is 7.60 Å². The fourth-order valence-electron chi connectivity index (χ4n) is 1.45. The van der Waals surface area contributed by atoms with Crippen molar-refractivity contribution in [3.63, 3.8) is 0 Å². The highest BCUT2D eigenvalue weighted by Gasteiger charge is 2.27. The zero-order chi connectivity index (χ0) is 14.3. The maximum atomic E-state index is 12.3. The Morgan fingerprint density at radius 2 is 1.63 bits per heavy atom.